The standard InChI is InChI=1S/C8H12N4O2/c13-12(14)8-5-10-11-7(8)3-6-1-2-9-4-6/h5-6,9H,1-4H2,(H,10,11). The van der Waals surface area contributed by atoms with Crippen molar-refractivity contribution in [3.05, 3.63) is 22.0 Å². The molecule has 0 bridgehead atoms. The molecule has 1 fully saturated rings. The van der Waals surface area contributed by atoms with Crippen LogP contribution in [0.5, 0.6) is 0 Å². The van der Waals surface area contributed by atoms with E-state index in [0.29, 0.717) is 18.0 Å². The molecule has 2 N–H and O–H groups in total. The van der Waals surface area contributed by atoms with Crippen LogP contribution in [0, 0.1) is 16.0 Å². The summed E-state index contributed by atoms with van der Waals surface area (Å²) in [4.78, 5) is 10.2. The van der Waals surface area contributed by atoms with E-state index in [0.717, 1.165) is 19.5 Å². The molecule has 6 heteroatoms. The van der Waals surface area contributed by atoms with E-state index >= 15 is 0 Å². The van der Waals surface area contributed by atoms with Gasteiger partial charge in [0.25, 0.3) is 0 Å². The van der Waals surface area contributed by atoms with E-state index in [9.17, 15) is 10.1 Å². The molecular formula is C8H12N4O2. The average molecular weight is 196 g/mol. The predicted octanol–water partition coefficient (Wildman–Crippen LogP) is 0.470. The number of nitrogens with zero attached hydrogens (tertiary/aromatic N) is 2. The lowest BCUT2D eigenvalue weighted by molar-refractivity contribution is -0.385. The Bertz CT molecular complexity index is 330. The van der Waals surface area contributed by atoms with Crippen LogP contribution < -0.4 is 5.32 Å². The third-order valence-electron chi connectivity index (χ3n) is 2.55. The van der Waals surface area contributed by atoms with Crippen LogP contribution in [0.3, 0.4) is 0 Å². The number of H-pyrrole nitrogens is 1. The Morgan fingerprint density at radius 2 is 2.57 bits per heavy atom. The zero-order valence-electron chi connectivity index (χ0n) is 7.69. The van der Waals surface area contributed by atoms with Crippen molar-refractivity contribution in [2.75, 3.05) is 13.1 Å². The smallest absolute Gasteiger partial charge is 0.309 e. The van der Waals surface area contributed by atoms with Crippen LogP contribution in [0.4, 0.5) is 5.69 Å². The molecule has 2 rings (SSSR count). The molecule has 1 aliphatic heterocycles. The van der Waals surface area contributed by atoms with Crippen molar-refractivity contribution < 1.29 is 4.92 Å². The van der Waals surface area contributed by atoms with Gasteiger partial charge in [0.1, 0.15) is 11.9 Å². The number of rotatable bonds is 3. The van der Waals surface area contributed by atoms with Crippen molar-refractivity contribution in [1.82, 2.24) is 15.5 Å². The molecule has 2 heterocycles. The first kappa shape index (κ1) is 9.14. The monoisotopic (exact) mass is 196 g/mol. The quantitative estimate of drug-likeness (QED) is 0.543. The van der Waals surface area contributed by atoms with Gasteiger partial charge < -0.3 is 5.32 Å². The molecule has 0 aliphatic carbocycles. The van der Waals surface area contributed by atoms with Crippen LogP contribution in [0.25, 0.3) is 0 Å². The summed E-state index contributed by atoms with van der Waals surface area (Å²) in [5.41, 5.74) is 0.751. The van der Waals surface area contributed by atoms with Crippen molar-refractivity contribution in [2.45, 2.75) is 12.8 Å². The topological polar surface area (TPSA) is 83.8 Å². The van der Waals surface area contributed by atoms with Gasteiger partial charge >= 0.3 is 5.69 Å². The van der Waals surface area contributed by atoms with E-state index in [1.54, 1.807) is 0 Å². The molecule has 1 atom stereocenters. The van der Waals surface area contributed by atoms with Crippen molar-refractivity contribution >= 4 is 5.69 Å². The van der Waals surface area contributed by atoms with Gasteiger partial charge in [-0.25, -0.2) is 0 Å². The number of hydrogen-bond donors (Lipinski definition) is 2. The molecule has 6 nitrogen and oxygen atoms in total. The van der Waals surface area contributed by atoms with Gasteiger partial charge in [0, 0.05) is 6.42 Å². The highest BCUT2D eigenvalue weighted by atomic mass is 16.6. The Morgan fingerprint density at radius 3 is 3.21 bits per heavy atom. The normalized spacial score (nSPS) is 21.3. The fraction of sp³-hybridized carbons (Fsp3) is 0.625. The fourth-order valence-electron chi connectivity index (χ4n) is 1.79. The van der Waals surface area contributed by atoms with Crippen LogP contribution in [0.1, 0.15) is 12.1 Å². The first-order chi connectivity index (χ1) is 6.77. The maximum absolute atomic E-state index is 10.6. The average Bonchev–Trinajstić information content (AvgIpc) is 2.75. The highest BCUT2D eigenvalue weighted by Crippen LogP contribution is 2.20. The Balaban J connectivity index is 2.07. The van der Waals surface area contributed by atoms with Gasteiger partial charge in [-0.2, -0.15) is 5.10 Å². The van der Waals surface area contributed by atoms with Gasteiger partial charge in [0.05, 0.1) is 4.92 Å². The molecule has 0 saturated carbocycles. The summed E-state index contributed by atoms with van der Waals surface area (Å²) >= 11 is 0. The van der Waals surface area contributed by atoms with E-state index in [2.05, 4.69) is 15.5 Å². The zero-order valence-corrected chi connectivity index (χ0v) is 7.69. The molecule has 1 aliphatic rings. The van der Waals surface area contributed by atoms with E-state index in [1.807, 2.05) is 0 Å². The lowest BCUT2D eigenvalue weighted by Gasteiger charge is -2.04. The van der Waals surface area contributed by atoms with Crippen LogP contribution in [-0.4, -0.2) is 28.2 Å². The van der Waals surface area contributed by atoms with Gasteiger partial charge in [-0.3, -0.25) is 15.2 Å². The molecular weight excluding hydrogens is 184 g/mol. The molecule has 0 amide bonds. The summed E-state index contributed by atoms with van der Waals surface area (Å²) in [6.07, 6.45) is 3.07. The number of hydrogen-bond acceptors (Lipinski definition) is 4. The summed E-state index contributed by atoms with van der Waals surface area (Å²) in [6, 6.07) is 0. The minimum Gasteiger partial charge on any atom is -0.316 e. The summed E-state index contributed by atoms with van der Waals surface area (Å²) in [5, 5.41) is 20.2. The van der Waals surface area contributed by atoms with Crippen LogP contribution in [0.2, 0.25) is 0 Å². The van der Waals surface area contributed by atoms with Crippen molar-refractivity contribution in [2.24, 2.45) is 5.92 Å². The Morgan fingerprint density at radius 1 is 1.71 bits per heavy atom. The second kappa shape index (κ2) is 3.75. The van der Waals surface area contributed by atoms with E-state index in [4.69, 9.17) is 0 Å². The van der Waals surface area contributed by atoms with Crippen LogP contribution >= 0.6 is 0 Å². The Kier molecular flexibility index (Phi) is 2.45. The summed E-state index contributed by atoms with van der Waals surface area (Å²) < 4.78 is 0. The molecule has 1 unspecified atom stereocenters. The third-order valence-corrected chi connectivity index (χ3v) is 2.55. The van der Waals surface area contributed by atoms with E-state index in [1.165, 1.54) is 6.20 Å². The van der Waals surface area contributed by atoms with Gasteiger partial charge in [-0.05, 0) is 25.4 Å². The molecule has 14 heavy (non-hydrogen) atoms. The van der Waals surface area contributed by atoms with Crippen molar-refractivity contribution in [3.8, 4) is 0 Å². The number of nitrogens with one attached hydrogen (secondary N) is 2. The molecule has 1 aromatic heterocycles. The van der Waals surface area contributed by atoms with Gasteiger partial charge in [0.2, 0.25) is 0 Å². The number of nitro groups is 1. The van der Waals surface area contributed by atoms with E-state index in [-0.39, 0.29) is 10.6 Å². The maximum atomic E-state index is 10.6. The second-order valence-corrected chi connectivity index (χ2v) is 3.55. The lowest BCUT2D eigenvalue weighted by Crippen LogP contribution is -2.11. The largest absolute Gasteiger partial charge is 0.316 e. The summed E-state index contributed by atoms with van der Waals surface area (Å²) in [6.45, 7) is 1.95. The summed E-state index contributed by atoms with van der Waals surface area (Å²) in [5.74, 6) is 0.495. The van der Waals surface area contributed by atoms with Crippen molar-refractivity contribution in [1.29, 1.82) is 0 Å². The van der Waals surface area contributed by atoms with Gasteiger partial charge in [-0.15, -0.1) is 0 Å². The molecule has 0 radical (unpaired) electrons. The lowest BCUT2D eigenvalue weighted by atomic mass is 10.0. The Labute approximate surface area is 80.9 Å². The number of aromatic nitrogens is 2. The number of aromatic amines is 1. The third kappa shape index (κ3) is 1.74. The molecule has 0 spiro atoms. The van der Waals surface area contributed by atoms with Crippen LogP contribution in [-0.2, 0) is 6.42 Å². The highest BCUT2D eigenvalue weighted by Gasteiger charge is 2.22. The van der Waals surface area contributed by atoms with E-state index < -0.39 is 0 Å². The minimum atomic E-state index is -0.388. The van der Waals surface area contributed by atoms with Gasteiger partial charge in [-0.1, -0.05) is 0 Å². The Hall–Kier alpha value is -1.43. The summed E-state index contributed by atoms with van der Waals surface area (Å²) in [7, 11) is 0. The van der Waals surface area contributed by atoms with Crippen LogP contribution in [0.15, 0.2) is 6.20 Å². The van der Waals surface area contributed by atoms with Gasteiger partial charge in [0.15, 0.2) is 0 Å². The van der Waals surface area contributed by atoms with Crippen molar-refractivity contribution in [3.63, 3.8) is 0 Å². The maximum Gasteiger partial charge on any atom is 0.309 e. The predicted molar refractivity (Wildman–Crippen MR) is 49.9 cm³/mol. The zero-order chi connectivity index (χ0) is 9.97. The first-order valence-electron chi connectivity index (χ1n) is 4.64. The molecule has 0 aromatic carbocycles. The first-order valence-corrected chi connectivity index (χ1v) is 4.64. The minimum absolute atomic E-state index is 0.108. The highest BCUT2D eigenvalue weighted by molar-refractivity contribution is 5.32. The molecule has 1 aromatic rings. The second-order valence-electron chi connectivity index (χ2n) is 3.55. The SMILES string of the molecule is O=[N+]([O-])c1cn[nH]c1CC1CCNC1. The molecule has 76 valence electrons. The fourth-order valence-corrected chi connectivity index (χ4v) is 1.79. The molecule has 1 saturated heterocycles.